The van der Waals surface area contributed by atoms with Gasteiger partial charge >= 0.3 is 0 Å². The molecule has 0 radical (unpaired) electrons. The Kier molecular flexibility index (Phi) is 8.25. The summed E-state index contributed by atoms with van der Waals surface area (Å²) in [5, 5.41) is 3.13. The van der Waals surface area contributed by atoms with Crippen LogP contribution in [-0.2, 0) is 14.8 Å². The van der Waals surface area contributed by atoms with Crippen molar-refractivity contribution in [2.75, 3.05) is 19.0 Å². The zero-order valence-corrected chi connectivity index (χ0v) is 21.6. The zero-order valence-electron chi connectivity index (χ0n) is 18.5. The van der Waals surface area contributed by atoms with Gasteiger partial charge in [0, 0.05) is 16.2 Å². The van der Waals surface area contributed by atoms with Crippen molar-refractivity contribution in [3.8, 4) is 5.75 Å². The summed E-state index contributed by atoms with van der Waals surface area (Å²) in [7, 11) is -2.47. The standard InChI is InChI=1S/C23H28BrClN2O4S/c1-15-11-17(24)12-16(2)23(15)26-22(28)14-27(18-7-5-4-6-8-18)32(29,30)19-9-10-21(31-3)20(25)13-19/h9-13,18H,4-8,14H2,1-3H3,(H,26,28). The summed E-state index contributed by atoms with van der Waals surface area (Å²) in [6, 6.07) is 7.98. The molecule has 1 N–H and O–H groups in total. The van der Waals surface area contributed by atoms with Crippen LogP contribution in [0.3, 0.4) is 0 Å². The largest absolute Gasteiger partial charge is 0.495 e. The molecule has 0 spiro atoms. The molecule has 1 aliphatic carbocycles. The third kappa shape index (κ3) is 5.65. The van der Waals surface area contributed by atoms with E-state index in [9.17, 15) is 13.2 Å². The lowest BCUT2D eigenvalue weighted by molar-refractivity contribution is -0.116. The first kappa shape index (κ1) is 25.0. The van der Waals surface area contributed by atoms with Gasteiger partial charge < -0.3 is 10.1 Å². The maximum Gasteiger partial charge on any atom is 0.243 e. The third-order valence-electron chi connectivity index (χ3n) is 5.77. The number of nitrogens with one attached hydrogen (secondary N) is 1. The first-order valence-electron chi connectivity index (χ1n) is 10.6. The Labute approximate surface area is 203 Å². The van der Waals surface area contributed by atoms with E-state index in [4.69, 9.17) is 16.3 Å². The van der Waals surface area contributed by atoms with Gasteiger partial charge in [-0.15, -0.1) is 0 Å². The molecule has 0 aromatic heterocycles. The number of amides is 1. The summed E-state index contributed by atoms with van der Waals surface area (Å²) in [5.41, 5.74) is 2.50. The zero-order chi connectivity index (χ0) is 23.5. The summed E-state index contributed by atoms with van der Waals surface area (Å²) < 4.78 is 34.6. The lowest BCUT2D eigenvalue weighted by Crippen LogP contribution is -2.45. The number of carbonyl (C=O) groups is 1. The molecule has 174 valence electrons. The molecule has 9 heteroatoms. The van der Waals surface area contributed by atoms with Crippen LogP contribution in [0, 0.1) is 13.8 Å². The van der Waals surface area contributed by atoms with Crippen molar-refractivity contribution in [1.82, 2.24) is 4.31 Å². The summed E-state index contributed by atoms with van der Waals surface area (Å²) in [6.45, 7) is 3.55. The average molecular weight is 544 g/mol. The second-order valence-electron chi connectivity index (χ2n) is 8.10. The van der Waals surface area contributed by atoms with Crippen molar-refractivity contribution in [3.05, 3.63) is 51.0 Å². The van der Waals surface area contributed by atoms with Crippen molar-refractivity contribution in [2.24, 2.45) is 0 Å². The van der Waals surface area contributed by atoms with Crippen molar-refractivity contribution >= 4 is 49.1 Å². The Bertz CT molecular complexity index is 1080. The Hall–Kier alpha value is -1.61. The summed E-state index contributed by atoms with van der Waals surface area (Å²) in [5.74, 6) is 0.0287. The number of aryl methyl sites for hydroxylation is 2. The Morgan fingerprint density at radius 1 is 1.16 bits per heavy atom. The van der Waals surface area contributed by atoms with E-state index in [1.165, 1.54) is 29.6 Å². The highest BCUT2D eigenvalue weighted by molar-refractivity contribution is 9.10. The molecule has 1 aliphatic rings. The highest BCUT2D eigenvalue weighted by atomic mass is 79.9. The van der Waals surface area contributed by atoms with E-state index in [1.54, 1.807) is 0 Å². The van der Waals surface area contributed by atoms with Crippen LogP contribution in [0.4, 0.5) is 5.69 Å². The minimum absolute atomic E-state index is 0.0534. The molecule has 3 rings (SSSR count). The van der Waals surface area contributed by atoms with Gasteiger partial charge in [0.05, 0.1) is 23.6 Å². The molecule has 32 heavy (non-hydrogen) atoms. The van der Waals surface area contributed by atoms with Gasteiger partial charge in [-0.3, -0.25) is 4.79 Å². The Balaban J connectivity index is 1.91. The first-order chi connectivity index (χ1) is 15.1. The molecule has 0 aliphatic heterocycles. The van der Waals surface area contributed by atoms with Crippen molar-refractivity contribution in [2.45, 2.75) is 56.9 Å². The highest BCUT2D eigenvalue weighted by Crippen LogP contribution is 2.32. The number of anilines is 1. The van der Waals surface area contributed by atoms with Gasteiger partial charge in [0.2, 0.25) is 15.9 Å². The molecule has 1 saturated carbocycles. The number of nitrogens with zero attached hydrogens (tertiary/aromatic N) is 1. The number of hydrogen-bond acceptors (Lipinski definition) is 4. The monoisotopic (exact) mass is 542 g/mol. The molecule has 0 bridgehead atoms. The summed E-state index contributed by atoms with van der Waals surface area (Å²) in [4.78, 5) is 13.1. The van der Waals surface area contributed by atoms with Crippen LogP contribution < -0.4 is 10.1 Å². The van der Waals surface area contributed by atoms with Crippen molar-refractivity contribution in [1.29, 1.82) is 0 Å². The van der Waals surface area contributed by atoms with Crippen LogP contribution in [0.15, 0.2) is 39.7 Å². The molecule has 0 saturated heterocycles. The van der Waals surface area contributed by atoms with Crippen LogP contribution in [0.2, 0.25) is 5.02 Å². The van der Waals surface area contributed by atoms with Gasteiger partial charge in [0.1, 0.15) is 5.75 Å². The SMILES string of the molecule is COc1ccc(S(=O)(=O)N(CC(=O)Nc2c(C)cc(Br)cc2C)C2CCCCC2)cc1Cl. The molecule has 6 nitrogen and oxygen atoms in total. The first-order valence-corrected chi connectivity index (χ1v) is 13.2. The molecule has 0 heterocycles. The van der Waals surface area contributed by atoms with Crippen molar-refractivity contribution in [3.63, 3.8) is 0 Å². The molecule has 0 unspecified atom stereocenters. The fourth-order valence-electron chi connectivity index (χ4n) is 4.15. The molecule has 2 aromatic rings. The molecule has 2 aromatic carbocycles. The van der Waals surface area contributed by atoms with Crippen LogP contribution in [0.1, 0.15) is 43.2 Å². The van der Waals surface area contributed by atoms with E-state index in [1.807, 2.05) is 26.0 Å². The van der Waals surface area contributed by atoms with Gasteiger partial charge in [-0.25, -0.2) is 8.42 Å². The second-order valence-corrected chi connectivity index (χ2v) is 11.3. The van der Waals surface area contributed by atoms with E-state index in [2.05, 4.69) is 21.2 Å². The van der Waals surface area contributed by atoms with E-state index >= 15 is 0 Å². The smallest absolute Gasteiger partial charge is 0.243 e. The lowest BCUT2D eigenvalue weighted by atomic mass is 9.95. The lowest BCUT2D eigenvalue weighted by Gasteiger charge is -2.33. The minimum atomic E-state index is -3.94. The van der Waals surface area contributed by atoms with E-state index in [0.717, 1.165) is 47.7 Å². The van der Waals surface area contributed by atoms with Crippen LogP contribution in [0.5, 0.6) is 5.75 Å². The summed E-state index contributed by atoms with van der Waals surface area (Å²) in [6.07, 6.45) is 4.40. The van der Waals surface area contributed by atoms with Gasteiger partial charge in [-0.2, -0.15) is 4.31 Å². The number of carbonyl (C=O) groups excluding carboxylic acids is 1. The predicted molar refractivity (Wildman–Crippen MR) is 131 cm³/mol. The van der Waals surface area contributed by atoms with E-state index in [0.29, 0.717) is 11.4 Å². The number of sulfonamides is 1. The molecular weight excluding hydrogens is 516 g/mol. The fourth-order valence-corrected chi connectivity index (χ4v) is 6.83. The van der Waals surface area contributed by atoms with Crippen LogP contribution >= 0.6 is 27.5 Å². The maximum absolute atomic E-state index is 13.6. The average Bonchev–Trinajstić information content (AvgIpc) is 2.75. The normalized spacial score (nSPS) is 15.1. The number of rotatable bonds is 7. The fraction of sp³-hybridized carbons (Fsp3) is 0.435. The topological polar surface area (TPSA) is 75.7 Å². The van der Waals surface area contributed by atoms with Gasteiger partial charge in [0.25, 0.3) is 0 Å². The van der Waals surface area contributed by atoms with Crippen molar-refractivity contribution < 1.29 is 17.9 Å². The highest BCUT2D eigenvalue weighted by Gasteiger charge is 2.34. The van der Waals surface area contributed by atoms with Gasteiger partial charge in [0.15, 0.2) is 0 Å². The van der Waals surface area contributed by atoms with E-state index in [-0.39, 0.29) is 28.4 Å². The number of hydrogen-bond donors (Lipinski definition) is 1. The maximum atomic E-state index is 13.6. The number of benzene rings is 2. The number of ether oxygens (including phenoxy) is 1. The number of methoxy groups -OCH3 is 1. The molecule has 1 amide bonds. The van der Waals surface area contributed by atoms with Gasteiger partial charge in [-0.1, -0.05) is 46.8 Å². The molecule has 1 fully saturated rings. The van der Waals surface area contributed by atoms with Gasteiger partial charge in [-0.05, 0) is 68.1 Å². The molecular formula is C23H28BrClN2O4S. The van der Waals surface area contributed by atoms with E-state index < -0.39 is 10.0 Å². The summed E-state index contributed by atoms with van der Waals surface area (Å²) >= 11 is 9.65. The Morgan fingerprint density at radius 2 is 1.78 bits per heavy atom. The quantitative estimate of drug-likeness (QED) is 0.487. The predicted octanol–water partition coefficient (Wildman–Crippen LogP) is 5.69. The number of halogens is 2. The van der Waals surface area contributed by atoms with Crippen LogP contribution in [0.25, 0.3) is 0 Å². The molecule has 0 atom stereocenters. The third-order valence-corrected chi connectivity index (χ3v) is 8.42. The minimum Gasteiger partial charge on any atom is -0.495 e. The Morgan fingerprint density at radius 3 is 2.34 bits per heavy atom. The van der Waals surface area contributed by atoms with Crippen LogP contribution in [-0.4, -0.2) is 38.3 Å². The second kappa shape index (κ2) is 10.5.